The predicted molar refractivity (Wildman–Crippen MR) is 115 cm³/mol. The Morgan fingerprint density at radius 1 is 1.10 bits per heavy atom. The molecule has 0 spiro atoms. The molecule has 1 fully saturated rings. The van der Waals surface area contributed by atoms with Crippen LogP contribution in [0.4, 0.5) is 17.1 Å². The number of hydrogen-bond donors (Lipinski definition) is 1. The number of hydrogen-bond acceptors (Lipinski definition) is 4. The molecule has 0 bridgehead atoms. The third kappa shape index (κ3) is 4.21. The maximum absolute atomic E-state index is 12.7. The van der Waals surface area contributed by atoms with Gasteiger partial charge in [-0.1, -0.05) is 19.1 Å². The Morgan fingerprint density at radius 3 is 2.55 bits per heavy atom. The van der Waals surface area contributed by atoms with Crippen molar-refractivity contribution in [3.8, 4) is 5.75 Å². The molecule has 4 rings (SSSR count). The highest BCUT2D eigenvalue weighted by molar-refractivity contribution is 6.01. The van der Waals surface area contributed by atoms with E-state index in [0.717, 1.165) is 24.5 Å². The van der Waals surface area contributed by atoms with Crippen LogP contribution in [0.25, 0.3) is 0 Å². The molecule has 0 radical (unpaired) electrons. The summed E-state index contributed by atoms with van der Waals surface area (Å²) >= 11 is 0. The van der Waals surface area contributed by atoms with Crippen LogP contribution in [0.2, 0.25) is 0 Å². The minimum atomic E-state index is -0.494. The highest BCUT2D eigenvalue weighted by Gasteiger charge is 2.33. The van der Waals surface area contributed by atoms with Crippen molar-refractivity contribution in [3.63, 3.8) is 0 Å². The number of anilines is 3. The van der Waals surface area contributed by atoms with Gasteiger partial charge in [0.05, 0.1) is 5.69 Å². The highest BCUT2D eigenvalue weighted by atomic mass is 16.5. The Balaban J connectivity index is 1.37. The minimum Gasteiger partial charge on any atom is -0.478 e. The zero-order valence-electron chi connectivity index (χ0n) is 16.8. The lowest BCUT2D eigenvalue weighted by molar-refractivity contribution is -0.126. The third-order valence-electron chi connectivity index (χ3n) is 5.52. The van der Waals surface area contributed by atoms with E-state index < -0.39 is 6.10 Å². The van der Waals surface area contributed by atoms with Crippen molar-refractivity contribution in [2.75, 3.05) is 34.8 Å². The van der Waals surface area contributed by atoms with Crippen molar-refractivity contribution < 1.29 is 14.3 Å². The first-order valence-electron chi connectivity index (χ1n) is 10.4. The molecule has 1 unspecified atom stereocenters. The van der Waals surface area contributed by atoms with Crippen LogP contribution in [-0.4, -0.2) is 37.6 Å². The predicted octanol–water partition coefficient (Wildman–Crippen LogP) is 3.82. The van der Waals surface area contributed by atoms with E-state index in [2.05, 4.69) is 22.3 Å². The highest BCUT2D eigenvalue weighted by Crippen LogP contribution is 2.34. The van der Waals surface area contributed by atoms with Gasteiger partial charge in [-0.05, 0) is 55.7 Å². The smallest absolute Gasteiger partial charge is 0.268 e. The molecule has 2 aliphatic rings. The summed E-state index contributed by atoms with van der Waals surface area (Å²) in [5.41, 5.74) is 2.70. The largest absolute Gasteiger partial charge is 0.478 e. The van der Waals surface area contributed by atoms with Crippen LogP contribution in [0.15, 0.2) is 48.5 Å². The Labute approximate surface area is 171 Å². The summed E-state index contributed by atoms with van der Waals surface area (Å²) in [4.78, 5) is 29.2. The summed E-state index contributed by atoms with van der Waals surface area (Å²) < 4.78 is 5.78. The van der Waals surface area contributed by atoms with Gasteiger partial charge in [0.1, 0.15) is 5.75 Å². The summed E-state index contributed by atoms with van der Waals surface area (Å²) in [6, 6.07) is 15.5. The number of nitrogens with one attached hydrogen (secondary N) is 1. The number of carbonyl (C=O) groups excluding carboxylic acids is 2. The van der Waals surface area contributed by atoms with Gasteiger partial charge in [0.15, 0.2) is 6.10 Å². The fraction of sp³-hybridized carbons (Fsp3) is 0.391. The molecule has 2 aliphatic heterocycles. The van der Waals surface area contributed by atoms with Crippen molar-refractivity contribution >= 4 is 28.9 Å². The SMILES string of the molecule is CCC1Oc2ccccc2N(CCC(=O)Nc2ccc(N3CCCC3)cc2)C1=O. The van der Waals surface area contributed by atoms with Gasteiger partial charge < -0.3 is 19.9 Å². The lowest BCUT2D eigenvalue weighted by Crippen LogP contribution is -2.46. The van der Waals surface area contributed by atoms with E-state index in [-0.39, 0.29) is 18.2 Å². The maximum atomic E-state index is 12.7. The van der Waals surface area contributed by atoms with E-state index in [0.29, 0.717) is 18.7 Å². The molecule has 0 aliphatic carbocycles. The zero-order chi connectivity index (χ0) is 20.2. The molecule has 2 amide bonds. The average Bonchev–Trinajstić information content (AvgIpc) is 3.28. The van der Waals surface area contributed by atoms with Crippen molar-refractivity contribution in [2.45, 2.75) is 38.7 Å². The fourth-order valence-corrected chi connectivity index (χ4v) is 3.93. The van der Waals surface area contributed by atoms with Gasteiger partial charge in [0.25, 0.3) is 5.91 Å². The first-order chi connectivity index (χ1) is 14.2. The van der Waals surface area contributed by atoms with Gasteiger partial charge in [0, 0.05) is 37.4 Å². The summed E-state index contributed by atoms with van der Waals surface area (Å²) in [5, 5.41) is 2.94. The summed E-state index contributed by atoms with van der Waals surface area (Å²) in [6.45, 7) is 4.44. The fourth-order valence-electron chi connectivity index (χ4n) is 3.93. The standard InChI is InChI=1S/C23H27N3O3/c1-2-20-23(28)26(19-7-3-4-8-21(19)29-20)16-13-22(27)24-17-9-11-18(12-10-17)25-14-5-6-15-25/h3-4,7-12,20H,2,5-6,13-16H2,1H3,(H,24,27). The van der Waals surface area contributed by atoms with E-state index in [1.807, 2.05) is 43.3 Å². The molecular weight excluding hydrogens is 366 g/mol. The number of benzene rings is 2. The molecule has 6 heteroatoms. The van der Waals surface area contributed by atoms with E-state index >= 15 is 0 Å². The first-order valence-corrected chi connectivity index (χ1v) is 10.4. The summed E-state index contributed by atoms with van der Waals surface area (Å²) in [7, 11) is 0. The second-order valence-corrected chi connectivity index (χ2v) is 7.51. The third-order valence-corrected chi connectivity index (χ3v) is 5.52. The van der Waals surface area contributed by atoms with Gasteiger partial charge >= 0.3 is 0 Å². The van der Waals surface area contributed by atoms with Crippen LogP contribution in [0.3, 0.4) is 0 Å². The molecule has 2 aromatic carbocycles. The van der Waals surface area contributed by atoms with Gasteiger partial charge in [-0.2, -0.15) is 0 Å². The van der Waals surface area contributed by atoms with Crippen LogP contribution in [0.1, 0.15) is 32.6 Å². The lowest BCUT2D eigenvalue weighted by Gasteiger charge is -2.33. The Bertz CT molecular complexity index is 875. The molecular formula is C23H27N3O3. The van der Waals surface area contributed by atoms with Crippen LogP contribution in [0, 0.1) is 0 Å². The molecule has 29 heavy (non-hydrogen) atoms. The first kappa shape index (κ1) is 19.3. The molecule has 0 saturated carbocycles. The van der Waals surface area contributed by atoms with Gasteiger partial charge in [-0.3, -0.25) is 9.59 Å². The number of fused-ring (bicyclic) bond motifs is 1. The second-order valence-electron chi connectivity index (χ2n) is 7.51. The number of amides is 2. The summed E-state index contributed by atoms with van der Waals surface area (Å²) in [5.74, 6) is 0.495. The Kier molecular flexibility index (Phi) is 5.69. The monoisotopic (exact) mass is 393 g/mol. The number of rotatable bonds is 6. The zero-order valence-corrected chi connectivity index (χ0v) is 16.8. The number of nitrogens with zero attached hydrogens (tertiary/aromatic N) is 2. The number of ether oxygens (including phenoxy) is 1. The van der Waals surface area contributed by atoms with Gasteiger partial charge in [-0.25, -0.2) is 0 Å². The average molecular weight is 393 g/mol. The van der Waals surface area contributed by atoms with Crippen molar-refractivity contribution in [1.82, 2.24) is 0 Å². The second kappa shape index (κ2) is 8.55. The topological polar surface area (TPSA) is 61.9 Å². The minimum absolute atomic E-state index is 0.0889. The van der Waals surface area contributed by atoms with Crippen LogP contribution >= 0.6 is 0 Å². The molecule has 152 valence electrons. The molecule has 2 aromatic rings. The number of para-hydroxylation sites is 2. The van der Waals surface area contributed by atoms with Crippen LogP contribution < -0.4 is 19.9 Å². The molecule has 0 aromatic heterocycles. The van der Waals surface area contributed by atoms with Crippen LogP contribution in [-0.2, 0) is 9.59 Å². The lowest BCUT2D eigenvalue weighted by atomic mass is 10.1. The van der Waals surface area contributed by atoms with Crippen molar-refractivity contribution in [2.24, 2.45) is 0 Å². The van der Waals surface area contributed by atoms with E-state index in [4.69, 9.17) is 4.74 Å². The van der Waals surface area contributed by atoms with E-state index in [1.165, 1.54) is 18.5 Å². The normalized spacial score (nSPS) is 18.4. The number of carbonyl (C=O) groups is 2. The molecule has 1 saturated heterocycles. The van der Waals surface area contributed by atoms with Crippen LogP contribution in [0.5, 0.6) is 5.75 Å². The Morgan fingerprint density at radius 2 is 1.83 bits per heavy atom. The van der Waals surface area contributed by atoms with E-state index in [9.17, 15) is 9.59 Å². The van der Waals surface area contributed by atoms with E-state index in [1.54, 1.807) is 4.90 Å². The molecule has 6 nitrogen and oxygen atoms in total. The van der Waals surface area contributed by atoms with Crippen molar-refractivity contribution in [3.05, 3.63) is 48.5 Å². The quantitative estimate of drug-likeness (QED) is 0.810. The molecule has 1 atom stereocenters. The molecule has 2 heterocycles. The van der Waals surface area contributed by atoms with Gasteiger partial charge in [0.2, 0.25) is 5.91 Å². The Hall–Kier alpha value is -3.02. The summed E-state index contributed by atoms with van der Waals surface area (Å²) in [6.07, 6.45) is 2.80. The maximum Gasteiger partial charge on any atom is 0.268 e. The van der Waals surface area contributed by atoms with Gasteiger partial charge in [-0.15, -0.1) is 0 Å². The molecule has 1 N–H and O–H groups in total. The van der Waals surface area contributed by atoms with Crippen molar-refractivity contribution in [1.29, 1.82) is 0 Å².